The number of thioether (sulfide) groups is 1. The van der Waals surface area contributed by atoms with E-state index in [9.17, 15) is 9.59 Å². The van der Waals surface area contributed by atoms with Gasteiger partial charge in [0.2, 0.25) is 11.7 Å². The van der Waals surface area contributed by atoms with E-state index in [0.717, 1.165) is 19.3 Å². The summed E-state index contributed by atoms with van der Waals surface area (Å²) in [5, 5.41) is 14.4. The van der Waals surface area contributed by atoms with Gasteiger partial charge in [-0.25, -0.2) is 4.79 Å². The number of aromatic nitrogens is 3. The minimum atomic E-state index is -0.468. The highest BCUT2D eigenvalue weighted by atomic mass is 32.2. The van der Waals surface area contributed by atoms with E-state index >= 15 is 0 Å². The number of hydrogen-bond acceptors (Lipinski definition) is 6. The van der Waals surface area contributed by atoms with Crippen molar-refractivity contribution in [1.29, 1.82) is 0 Å². The molecular weight excluding hydrogens is 378 g/mol. The number of imide groups is 1. The van der Waals surface area contributed by atoms with E-state index < -0.39 is 6.03 Å². The van der Waals surface area contributed by atoms with Gasteiger partial charge in [-0.15, -0.1) is 10.2 Å². The molecule has 1 aliphatic rings. The topological polar surface area (TPSA) is 102 Å². The molecule has 2 aromatic heterocycles. The van der Waals surface area contributed by atoms with Crippen LogP contribution < -0.4 is 10.6 Å². The molecule has 0 radical (unpaired) electrons. The molecule has 3 amide bonds. The number of amides is 3. The molecule has 0 aliphatic heterocycles. The molecule has 0 saturated heterocycles. The minimum absolute atomic E-state index is 0.0192. The fourth-order valence-electron chi connectivity index (χ4n) is 3.27. The van der Waals surface area contributed by atoms with Crippen LogP contribution in [0.4, 0.5) is 4.79 Å². The van der Waals surface area contributed by atoms with Crippen LogP contribution in [0.1, 0.15) is 58.4 Å². The van der Waals surface area contributed by atoms with Gasteiger partial charge in [-0.3, -0.25) is 14.7 Å². The molecule has 2 aromatic rings. The number of nitrogens with one attached hydrogen (secondary N) is 2. The molecule has 0 unspecified atom stereocenters. The van der Waals surface area contributed by atoms with Crippen molar-refractivity contribution in [3.05, 3.63) is 18.4 Å². The summed E-state index contributed by atoms with van der Waals surface area (Å²) in [5.41, 5.74) is 0. The molecule has 1 saturated carbocycles. The Bertz CT molecular complexity index is 784. The van der Waals surface area contributed by atoms with Crippen LogP contribution >= 0.6 is 11.8 Å². The molecule has 8 nitrogen and oxygen atoms in total. The average molecular weight is 406 g/mol. The van der Waals surface area contributed by atoms with Gasteiger partial charge in [-0.1, -0.05) is 37.9 Å². The van der Waals surface area contributed by atoms with Crippen LogP contribution in [0.25, 0.3) is 11.6 Å². The predicted octanol–water partition coefficient (Wildman–Crippen LogP) is 3.76. The molecule has 0 spiro atoms. The number of carbonyl (C=O) groups excluding carboxylic acids is 2. The Hall–Kier alpha value is -2.29. The number of carbonyl (C=O) groups is 2. The molecule has 1 atom stereocenters. The van der Waals surface area contributed by atoms with Crippen LogP contribution in [-0.2, 0) is 4.79 Å². The number of rotatable bonds is 7. The second-order valence-corrected chi connectivity index (χ2v) is 8.01. The molecule has 28 heavy (non-hydrogen) atoms. The van der Waals surface area contributed by atoms with Crippen LogP contribution in [0, 0.1) is 0 Å². The van der Waals surface area contributed by atoms with Crippen LogP contribution in [0.5, 0.6) is 0 Å². The summed E-state index contributed by atoms with van der Waals surface area (Å²) >= 11 is 1.29. The maximum Gasteiger partial charge on any atom is 0.321 e. The van der Waals surface area contributed by atoms with Crippen LogP contribution in [0.2, 0.25) is 0 Å². The Morgan fingerprint density at radius 1 is 1.32 bits per heavy atom. The molecule has 2 heterocycles. The summed E-state index contributed by atoms with van der Waals surface area (Å²) in [5.74, 6) is 1.09. The van der Waals surface area contributed by atoms with Gasteiger partial charge in [-0.2, -0.15) is 0 Å². The Labute approximate surface area is 168 Å². The number of furan rings is 1. The van der Waals surface area contributed by atoms with Gasteiger partial charge >= 0.3 is 6.03 Å². The summed E-state index contributed by atoms with van der Waals surface area (Å²) in [7, 11) is 0. The van der Waals surface area contributed by atoms with Crippen LogP contribution in [-0.4, -0.2) is 38.5 Å². The lowest BCUT2D eigenvalue weighted by atomic mass is 9.95. The zero-order valence-corrected chi connectivity index (χ0v) is 17.1. The van der Waals surface area contributed by atoms with E-state index in [2.05, 4.69) is 25.4 Å². The number of nitrogens with zero attached hydrogens (tertiary/aromatic N) is 3. The van der Waals surface area contributed by atoms with E-state index in [0.29, 0.717) is 22.8 Å². The second-order valence-electron chi connectivity index (χ2n) is 7.06. The largest absolute Gasteiger partial charge is 0.461 e. The van der Waals surface area contributed by atoms with Gasteiger partial charge in [0.15, 0.2) is 10.9 Å². The minimum Gasteiger partial charge on any atom is -0.461 e. The highest BCUT2D eigenvalue weighted by Gasteiger charge is 2.25. The molecule has 0 aromatic carbocycles. The van der Waals surface area contributed by atoms with Gasteiger partial charge in [0, 0.05) is 12.1 Å². The van der Waals surface area contributed by atoms with Crippen molar-refractivity contribution in [3.8, 4) is 11.6 Å². The van der Waals surface area contributed by atoms with Crippen LogP contribution in [0.15, 0.2) is 28.0 Å². The van der Waals surface area contributed by atoms with E-state index in [1.165, 1.54) is 31.0 Å². The highest BCUT2D eigenvalue weighted by molar-refractivity contribution is 7.99. The van der Waals surface area contributed by atoms with Crippen LogP contribution in [0.3, 0.4) is 0 Å². The highest BCUT2D eigenvalue weighted by Crippen LogP contribution is 2.35. The van der Waals surface area contributed by atoms with Crippen molar-refractivity contribution < 1.29 is 14.0 Å². The van der Waals surface area contributed by atoms with Crippen molar-refractivity contribution >= 4 is 23.7 Å². The first-order chi connectivity index (χ1) is 13.6. The van der Waals surface area contributed by atoms with Gasteiger partial charge in [0.1, 0.15) is 0 Å². The number of urea groups is 1. The summed E-state index contributed by atoms with van der Waals surface area (Å²) in [6.07, 6.45) is 8.11. The first-order valence-electron chi connectivity index (χ1n) is 9.80. The molecule has 0 bridgehead atoms. The average Bonchev–Trinajstić information content (AvgIpc) is 3.36. The van der Waals surface area contributed by atoms with Gasteiger partial charge in [-0.05, 0) is 38.3 Å². The summed E-state index contributed by atoms with van der Waals surface area (Å²) in [4.78, 5) is 24.0. The Morgan fingerprint density at radius 2 is 2.11 bits per heavy atom. The van der Waals surface area contributed by atoms with Crippen molar-refractivity contribution in [1.82, 2.24) is 25.4 Å². The lowest BCUT2D eigenvalue weighted by Gasteiger charge is -2.25. The summed E-state index contributed by atoms with van der Waals surface area (Å²) < 4.78 is 7.62. The Balaban J connectivity index is 1.68. The van der Waals surface area contributed by atoms with E-state index in [4.69, 9.17) is 4.42 Å². The standard InChI is InChI=1S/C19H27N5O3S/c1-3-13(2)20-18(26)21-16(25)12-28-19-23-22-17(15-10-7-11-27-15)24(19)14-8-5-4-6-9-14/h7,10-11,13-14H,3-6,8-9,12H2,1-2H3,(H2,20,21,25,26)/t13-/m0/s1. The third kappa shape index (κ3) is 5.15. The first kappa shape index (κ1) is 20.4. The first-order valence-corrected chi connectivity index (χ1v) is 10.8. The second kappa shape index (κ2) is 9.77. The quantitative estimate of drug-likeness (QED) is 0.680. The Kier molecular flexibility index (Phi) is 7.13. The third-order valence-corrected chi connectivity index (χ3v) is 5.86. The zero-order chi connectivity index (χ0) is 19.9. The molecule has 1 aliphatic carbocycles. The maximum atomic E-state index is 12.2. The van der Waals surface area contributed by atoms with E-state index in [1.807, 2.05) is 26.0 Å². The van der Waals surface area contributed by atoms with Gasteiger partial charge in [0.25, 0.3) is 0 Å². The van der Waals surface area contributed by atoms with Crippen molar-refractivity contribution in [3.63, 3.8) is 0 Å². The Morgan fingerprint density at radius 3 is 2.79 bits per heavy atom. The zero-order valence-electron chi connectivity index (χ0n) is 16.3. The molecular formula is C19H27N5O3S. The number of hydrogen-bond donors (Lipinski definition) is 2. The molecule has 9 heteroatoms. The van der Waals surface area contributed by atoms with Crippen molar-refractivity contribution in [2.45, 2.75) is 69.6 Å². The van der Waals surface area contributed by atoms with Gasteiger partial charge in [0.05, 0.1) is 12.0 Å². The molecule has 3 rings (SSSR count). The molecule has 152 valence electrons. The maximum absolute atomic E-state index is 12.2. The van der Waals surface area contributed by atoms with Crippen molar-refractivity contribution in [2.24, 2.45) is 0 Å². The molecule has 2 N–H and O–H groups in total. The SMILES string of the molecule is CC[C@H](C)NC(=O)NC(=O)CSc1nnc(-c2ccco2)n1C1CCCCC1. The normalized spacial score (nSPS) is 15.9. The lowest BCUT2D eigenvalue weighted by molar-refractivity contribution is -0.117. The summed E-state index contributed by atoms with van der Waals surface area (Å²) in [6, 6.07) is 3.54. The smallest absolute Gasteiger partial charge is 0.321 e. The summed E-state index contributed by atoms with van der Waals surface area (Å²) in [6.45, 7) is 3.86. The van der Waals surface area contributed by atoms with Crippen molar-refractivity contribution in [2.75, 3.05) is 5.75 Å². The molecule has 1 fully saturated rings. The third-order valence-electron chi connectivity index (χ3n) is 4.92. The lowest BCUT2D eigenvalue weighted by Crippen LogP contribution is -2.43. The predicted molar refractivity (Wildman–Crippen MR) is 107 cm³/mol. The van der Waals surface area contributed by atoms with E-state index in [-0.39, 0.29) is 17.7 Å². The van der Waals surface area contributed by atoms with E-state index in [1.54, 1.807) is 6.26 Å². The fourth-order valence-corrected chi connectivity index (χ4v) is 4.08. The monoisotopic (exact) mass is 405 g/mol. The van der Waals surface area contributed by atoms with Gasteiger partial charge < -0.3 is 9.73 Å². The fraction of sp³-hybridized carbons (Fsp3) is 0.579.